The molecule has 0 aliphatic heterocycles. The molecule has 0 spiro atoms. The molecular formula is C16H16FN3O4S. The fraction of sp³-hybridized carbons (Fsp3) is 0.125. The van der Waals surface area contributed by atoms with Crippen LogP contribution < -0.4 is 10.5 Å². The van der Waals surface area contributed by atoms with E-state index in [9.17, 15) is 22.4 Å². The maximum atomic E-state index is 13.7. The number of nitrogens with zero attached hydrogens (tertiary/aromatic N) is 1. The predicted octanol–water partition coefficient (Wildman–Crippen LogP) is 1.17. The molecule has 9 heteroatoms. The molecule has 7 nitrogen and oxygen atoms in total. The normalized spacial score (nSPS) is 12.0. The maximum Gasteiger partial charge on any atom is 0.265 e. The van der Waals surface area contributed by atoms with Crippen molar-refractivity contribution in [3.8, 4) is 0 Å². The van der Waals surface area contributed by atoms with Crippen LogP contribution in [0.2, 0.25) is 0 Å². The quantitative estimate of drug-likeness (QED) is 0.775. The Morgan fingerprint density at radius 2 is 1.92 bits per heavy atom. The molecule has 25 heavy (non-hydrogen) atoms. The number of aromatic nitrogens is 1. The second-order valence-corrected chi connectivity index (χ2v) is 7.00. The number of nitrogens with one attached hydrogen (secondary N) is 1. The number of allylic oxidation sites excluding steroid dienone is 1. The molecule has 0 saturated carbocycles. The first kappa shape index (κ1) is 18.4. The van der Waals surface area contributed by atoms with Crippen molar-refractivity contribution in [1.29, 1.82) is 0 Å². The zero-order chi connectivity index (χ0) is 18.8. The van der Waals surface area contributed by atoms with Crippen LogP contribution in [0, 0.1) is 5.82 Å². The third-order valence-electron chi connectivity index (χ3n) is 3.42. The molecule has 0 aliphatic rings. The molecule has 2 amide bonds. The van der Waals surface area contributed by atoms with Crippen molar-refractivity contribution in [2.75, 3.05) is 0 Å². The van der Waals surface area contributed by atoms with Crippen molar-refractivity contribution in [3.05, 3.63) is 59.7 Å². The van der Waals surface area contributed by atoms with E-state index in [2.05, 4.69) is 0 Å². The number of amides is 2. The Balaban J connectivity index is 2.24. The van der Waals surface area contributed by atoms with E-state index in [4.69, 9.17) is 5.73 Å². The zero-order valence-electron chi connectivity index (χ0n) is 13.5. The highest BCUT2D eigenvalue weighted by atomic mass is 32.2. The monoisotopic (exact) mass is 365 g/mol. The molecule has 132 valence electrons. The fourth-order valence-corrected chi connectivity index (χ4v) is 3.21. The van der Waals surface area contributed by atoms with Crippen LogP contribution in [-0.2, 0) is 21.9 Å². The van der Waals surface area contributed by atoms with Gasteiger partial charge in [-0.3, -0.25) is 9.59 Å². The highest BCUT2D eigenvalue weighted by Crippen LogP contribution is 2.17. The van der Waals surface area contributed by atoms with Gasteiger partial charge in [0, 0.05) is 24.9 Å². The van der Waals surface area contributed by atoms with Gasteiger partial charge in [-0.1, -0.05) is 18.2 Å². The number of hydrogen-bond donors (Lipinski definition) is 2. The Labute approximate surface area is 144 Å². The van der Waals surface area contributed by atoms with Crippen LogP contribution in [0.3, 0.4) is 0 Å². The third-order valence-corrected chi connectivity index (χ3v) is 4.74. The minimum absolute atomic E-state index is 0.0223. The van der Waals surface area contributed by atoms with Crippen molar-refractivity contribution in [2.24, 2.45) is 12.8 Å². The highest BCUT2D eigenvalue weighted by Gasteiger charge is 2.21. The number of benzene rings is 1. The van der Waals surface area contributed by atoms with E-state index in [1.54, 1.807) is 6.07 Å². The van der Waals surface area contributed by atoms with Gasteiger partial charge < -0.3 is 10.3 Å². The van der Waals surface area contributed by atoms with Gasteiger partial charge in [0.05, 0.1) is 0 Å². The number of nitrogens with two attached hydrogens (primary N) is 1. The van der Waals surface area contributed by atoms with E-state index in [0.29, 0.717) is 0 Å². The first-order valence-corrected chi connectivity index (χ1v) is 8.56. The number of primary amides is 1. The summed E-state index contributed by atoms with van der Waals surface area (Å²) in [6.07, 6.45) is 2.14. The standard InChI is InChI=1S/C16H16FN3O4S/c1-10(12-5-3-4-6-13(12)17)7-15(21)19-25(23,24)11-8-14(16(18)22)20(2)9-11/h3-9H,1-2H3,(H2,18,22)(H,19,21). The van der Waals surface area contributed by atoms with Crippen LogP contribution >= 0.6 is 0 Å². The van der Waals surface area contributed by atoms with Crippen LogP contribution in [0.4, 0.5) is 4.39 Å². The Morgan fingerprint density at radius 3 is 2.48 bits per heavy atom. The van der Waals surface area contributed by atoms with Crippen molar-refractivity contribution < 1.29 is 22.4 Å². The fourth-order valence-electron chi connectivity index (χ4n) is 2.20. The maximum absolute atomic E-state index is 13.7. The van der Waals surface area contributed by atoms with Gasteiger partial charge in [0.25, 0.3) is 21.8 Å². The largest absolute Gasteiger partial charge is 0.364 e. The summed E-state index contributed by atoms with van der Waals surface area (Å²) in [6.45, 7) is 1.48. The Kier molecular flexibility index (Phi) is 5.07. The Morgan fingerprint density at radius 1 is 1.28 bits per heavy atom. The number of carbonyl (C=O) groups excluding carboxylic acids is 2. The summed E-state index contributed by atoms with van der Waals surface area (Å²) < 4.78 is 41.2. The average molecular weight is 365 g/mol. The van der Waals surface area contributed by atoms with Gasteiger partial charge in [-0.05, 0) is 24.6 Å². The molecule has 0 radical (unpaired) electrons. The SMILES string of the molecule is CC(=CC(=O)NS(=O)(=O)c1cc(C(N)=O)n(C)c1)c1ccccc1F. The van der Waals surface area contributed by atoms with E-state index < -0.39 is 27.7 Å². The topological polar surface area (TPSA) is 111 Å². The van der Waals surface area contributed by atoms with E-state index in [-0.39, 0.29) is 21.7 Å². The molecule has 0 aliphatic carbocycles. The van der Waals surface area contributed by atoms with Gasteiger partial charge >= 0.3 is 0 Å². The van der Waals surface area contributed by atoms with Crippen LogP contribution in [0.5, 0.6) is 0 Å². The number of hydrogen-bond acceptors (Lipinski definition) is 4. The van der Waals surface area contributed by atoms with E-state index in [1.165, 1.54) is 36.7 Å². The molecule has 0 unspecified atom stereocenters. The summed E-state index contributed by atoms with van der Waals surface area (Å²) in [5.74, 6) is -2.27. The lowest BCUT2D eigenvalue weighted by Gasteiger charge is -2.05. The van der Waals surface area contributed by atoms with Crippen molar-refractivity contribution >= 4 is 27.4 Å². The molecule has 3 N–H and O–H groups in total. The van der Waals surface area contributed by atoms with E-state index in [1.807, 2.05) is 4.72 Å². The molecule has 2 aromatic rings. The van der Waals surface area contributed by atoms with Crippen LogP contribution in [0.1, 0.15) is 23.0 Å². The van der Waals surface area contributed by atoms with Gasteiger partial charge in [-0.15, -0.1) is 0 Å². The molecular weight excluding hydrogens is 349 g/mol. The first-order chi connectivity index (χ1) is 11.6. The average Bonchev–Trinajstić information content (AvgIpc) is 2.90. The molecule has 1 aromatic carbocycles. The molecule has 0 fully saturated rings. The van der Waals surface area contributed by atoms with Gasteiger partial charge in [0.2, 0.25) is 0 Å². The van der Waals surface area contributed by atoms with Crippen molar-refractivity contribution in [3.63, 3.8) is 0 Å². The Hall–Kier alpha value is -2.94. The zero-order valence-corrected chi connectivity index (χ0v) is 14.3. The second-order valence-electron chi connectivity index (χ2n) is 5.31. The predicted molar refractivity (Wildman–Crippen MR) is 89.3 cm³/mol. The van der Waals surface area contributed by atoms with Crippen molar-refractivity contribution in [1.82, 2.24) is 9.29 Å². The number of sulfonamides is 1. The minimum atomic E-state index is -4.20. The molecule has 0 saturated heterocycles. The molecule has 2 rings (SSSR count). The summed E-state index contributed by atoms with van der Waals surface area (Å²) in [7, 11) is -2.75. The lowest BCUT2D eigenvalue weighted by atomic mass is 10.1. The van der Waals surface area contributed by atoms with Gasteiger partial charge in [0.15, 0.2) is 0 Å². The number of carbonyl (C=O) groups is 2. The number of aryl methyl sites for hydroxylation is 1. The Bertz CT molecular complexity index is 977. The highest BCUT2D eigenvalue weighted by molar-refractivity contribution is 7.90. The summed E-state index contributed by atoms with van der Waals surface area (Å²) in [5.41, 5.74) is 5.55. The lowest BCUT2D eigenvalue weighted by molar-refractivity contribution is -0.114. The molecule has 1 heterocycles. The minimum Gasteiger partial charge on any atom is -0.364 e. The number of rotatable bonds is 5. The summed E-state index contributed by atoms with van der Waals surface area (Å²) >= 11 is 0. The first-order valence-electron chi connectivity index (χ1n) is 7.08. The third kappa shape index (κ3) is 4.13. The van der Waals surface area contributed by atoms with Crippen LogP contribution in [0.15, 0.2) is 47.5 Å². The second kappa shape index (κ2) is 6.89. The van der Waals surface area contributed by atoms with Gasteiger partial charge in [-0.2, -0.15) is 0 Å². The summed E-state index contributed by atoms with van der Waals surface area (Å²) in [6, 6.07) is 6.86. The number of halogens is 1. The van der Waals surface area contributed by atoms with Gasteiger partial charge in [0.1, 0.15) is 16.4 Å². The van der Waals surface area contributed by atoms with E-state index in [0.717, 1.165) is 18.3 Å². The molecule has 0 bridgehead atoms. The smallest absolute Gasteiger partial charge is 0.265 e. The van der Waals surface area contributed by atoms with Gasteiger partial charge in [-0.25, -0.2) is 17.5 Å². The molecule has 0 atom stereocenters. The van der Waals surface area contributed by atoms with E-state index >= 15 is 0 Å². The van der Waals surface area contributed by atoms with Crippen molar-refractivity contribution in [2.45, 2.75) is 11.8 Å². The lowest BCUT2D eigenvalue weighted by Crippen LogP contribution is -2.29. The van der Waals surface area contributed by atoms with Crippen LogP contribution in [0.25, 0.3) is 5.57 Å². The summed E-state index contributed by atoms with van der Waals surface area (Å²) in [5, 5.41) is 0. The molecule has 1 aromatic heterocycles. The van der Waals surface area contributed by atoms with Crippen LogP contribution in [-0.4, -0.2) is 24.8 Å². The summed E-state index contributed by atoms with van der Waals surface area (Å²) in [4.78, 5) is 22.9.